The predicted molar refractivity (Wildman–Crippen MR) is 80.7 cm³/mol. The molecule has 0 aliphatic heterocycles. The maximum Gasteiger partial charge on any atom is 0.188 e. The molecule has 4 nitrogen and oxygen atoms in total. The molecule has 0 fully saturated rings. The third kappa shape index (κ3) is 4.75. The number of nitrogens with one attached hydrogen (secondary N) is 1. The first kappa shape index (κ1) is 16.4. The average molecular weight is 283 g/mol. The first-order valence-electron chi connectivity index (χ1n) is 6.60. The fourth-order valence-electron chi connectivity index (χ4n) is 1.86. The third-order valence-corrected chi connectivity index (χ3v) is 4.34. The molecule has 1 rings (SSSR count). The van der Waals surface area contributed by atoms with Crippen molar-refractivity contribution >= 4 is 11.8 Å². The van der Waals surface area contributed by atoms with E-state index in [0.29, 0.717) is 6.04 Å². The van der Waals surface area contributed by atoms with Gasteiger partial charge in [0.05, 0.1) is 6.61 Å². The number of aliphatic hydroxyl groups excluding tert-OH is 1. The van der Waals surface area contributed by atoms with Gasteiger partial charge >= 0.3 is 0 Å². The smallest absolute Gasteiger partial charge is 0.188 e. The van der Waals surface area contributed by atoms with Crippen molar-refractivity contribution in [1.29, 1.82) is 0 Å². The maximum atomic E-state index is 9.55. The van der Waals surface area contributed by atoms with Crippen molar-refractivity contribution in [2.45, 2.75) is 58.3 Å². The SMILES string of the molecule is Cc1nc(SCC(C)(CO)NC(C)C)nc(C)c1C. The van der Waals surface area contributed by atoms with Crippen molar-refractivity contribution in [2.24, 2.45) is 0 Å². The lowest BCUT2D eigenvalue weighted by Crippen LogP contribution is -2.51. The molecular formula is C14H25N3OS. The predicted octanol–water partition coefficient (Wildman–Crippen LogP) is 2.24. The second-order valence-electron chi connectivity index (χ2n) is 5.61. The van der Waals surface area contributed by atoms with E-state index in [1.54, 1.807) is 11.8 Å². The summed E-state index contributed by atoms with van der Waals surface area (Å²) in [5.74, 6) is 0.740. The number of rotatable bonds is 6. The Kier molecular flexibility index (Phi) is 5.77. The minimum absolute atomic E-state index is 0.0992. The second-order valence-corrected chi connectivity index (χ2v) is 6.55. The van der Waals surface area contributed by atoms with Crippen LogP contribution >= 0.6 is 11.8 Å². The van der Waals surface area contributed by atoms with E-state index in [9.17, 15) is 5.11 Å². The number of aliphatic hydroxyl groups is 1. The lowest BCUT2D eigenvalue weighted by molar-refractivity contribution is 0.183. The molecule has 0 aliphatic rings. The van der Waals surface area contributed by atoms with Crippen LogP contribution in [0.15, 0.2) is 5.16 Å². The van der Waals surface area contributed by atoms with Gasteiger partial charge in [-0.05, 0) is 33.3 Å². The molecule has 1 heterocycles. The molecule has 0 amide bonds. The summed E-state index contributed by atoms with van der Waals surface area (Å²) >= 11 is 1.59. The molecule has 2 N–H and O–H groups in total. The summed E-state index contributed by atoms with van der Waals surface area (Å²) in [4.78, 5) is 8.99. The Balaban J connectivity index is 2.75. The molecule has 1 aromatic rings. The van der Waals surface area contributed by atoms with E-state index >= 15 is 0 Å². The summed E-state index contributed by atoms with van der Waals surface area (Å²) in [5, 5.41) is 13.7. The lowest BCUT2D eigenvalue weighted by Gasteiger charge is -2.30. The van der Waals surface area contributed by atoms with Gasteiger partial charge in [-0.1, -0.05) is 25.6 Å². The Morgan fingerprint density at radius 2 is 1.74 bits per heavy atom. The molecule has 0 aliphatic carbocycles. The van der Waals surface area contributed by atoms with Gasteiger partial charge in [-0.3, -0.25) is 0 Å². The zero-order valence-corrected chi connectivity index (χ0v) is 13.6. The number of aromatic nitrogens is 2. The molecule has 19 heavy (non-hydrogen) atoms. The highest BCUT2D eigenvalue weighted by Crippen LogP contribution is 2.21. The topological polar surface area (TPSA) is 58.0 Å². The fraction of sp³-hybridized carbons (Fsp3) is 0.714. The van der Waals surface area contributed by atoms with Crippen LogP contribution in [-0.4, -0.2) is 39.0 Å². The van der Waals surface area contributed by atoms with Gasteiger partial charge in [-0.25, -0.2) is 9.97 Å². The van der Waals surface area contributed by atoms with E-state index < -0.39 is 0 Å². The minimum atomic E-state index is -0.311. The third-order valence-electron chi connectivity index (χ3n) is 3.12. The van der Waals surface area contributed by atoms with Crippen molar-refractivity contribution in [3.8, 4) is 0 Å². The first-order valence-corrected chi connectivity index (χ1v) is 7.59. The number of aryl methyl sites for hydroxylation is 2. The van der Waals surface area contributed by atoms with Gasteiger partial charge in [-0.2, -0.15) is 0 Å². The molecule has 0 bridgehead atoms. The Morgan fingerprint density at radius 3 is 2.16 bits per heavy atom. The summed E-state index contributed by atoms with van der Waals surface area (Å²) in [5.41, 5.74) is 2.89. The number of hydrogen-bond donors (Lipinski definition) is 2. The molecule has 0 saturated carbocycles. The Labute approximate surface area is 120 Å². The van der Waals surface area contributed by atoms with Crippen LogP contribution in [-0.2, 0) is 0 Å². The van der Waals surface area contributed by atoms with Gasteiger partial charge in [0, 0.05) is 28.7 Å². The summed E-state index contributed by atoms with van der Waals surface area (Å²) in [6, 6.07) is 0.333. The minimum Gasteiger partial charge on any atom is -0.394 e. The van der Waals surface area contributed by atoms with Gasteiger partial charge in [0.25, 0.3) is 0 Å². The maximum absolute atomic E-state index is 9.55. The first-order chi connectivity index (χ1) is 8.77. The summed E-state index contributed by atoms with van der Waals surface area (Å²) in [6.07, 6.45) is 0. The van der Waals surface area contributed by atoms with E-state index in [1.807, 2.05) is 27.7 Å². The molecule has 0 radical (unpaired) electrons. The Hall–Kier alpha value is -0.650. The zero-order valence-electron chi connectivity index (χ0n) is 12.7. The molecule has 1 unspecified atom stereocenters. The molecule has 1 aromatic heterocycles. The van der Waals surface area contributed by atoms with Crippen molar-refractivity contribution in [1.82, 2.24) is 15.3 Å². The lowest BCUT2D eigenvalue weighted by atomic mass is 10.1. The standard InChI is InChI=1S/C14H25N3OS/c1-9(2)17-14(6,7-18)8-19-13-15-11(4)10(3)12(5)16-13/h9,17-18H,7-8H2,1-6H3. The number of nitrogens with zero attached hydrogens (tertiary/aromatic N) is 2. The van der Waals surface area contributed by atoms with Crippen LogP contribution in [0.2, 0.25) is 0 Å². The second kappa shape index (κ2) is 6.68. The van der Waals surface area contributed by atoms with Crippen LogP contribution in [0.3, 0.4) is 0 Å². The largest absolute Gasteiger partial charge is 0.394 e. The fourth-order valence-corrected chi connectivity index (χ4v) is 2.88. The van der Waals surface area contributed by atoms with Crippen molar-refractivity contribution < 1.29 is 5.11 Å². The number of thioether (sulfide) groups is 1. The van der Waals surface area contributed by atoms with Crippen molar-refractivity contribution in [2.75, 3.05) is 12.4 Å². The van der Waals surface area contributed by atoms with Crippen molar-refractivity contribution in [3.05, 3.63) is 17.0 Å². The molecule has 1 atom stereocenters. The molecule has 0 aromatic carbocycles. The summed E-state index contributed by atoms with van der Waals surface area (Å²) in [6.45, 7) is 12.3. The van der Waals surface area contributed by atoms with Crippen LogP contribution < -0.4 is 5.32 Å². The van der Waals surface area contributed by atoms with Gasteiger partial charge < -0.3 is 10.4 Å². The molecule has 0 spiro atoms. The van der Waals surface area contributed by atoms with Gasteiger partial charge in [0.1, 0.15) is 0 Å². The van der Waals surface area contributed by atoms with Crippen LogP contribution in [0.25, 0.3) is 0 Å². The summed E-state index contributed by atoms with van der Waals surface area (Å²) < 4.78 is 0. The van der Waals surface area contributed by atoms with E-state index in [2.05, 4.69) is 29.1 Å². The van der Waals surface area contributed by atoms with Crippen LogP contribution in [0, 0.1) is 20.8 Å². The number of hydrogen-bond acceptors (Lipinski definition) is 5. The van der Waals surface area contributed by atoms with Crippen LogP contribution in [0.5, 0.6) is 0 Å². The van der Waals surface area contributed by atoms with E-state index in [1.165, 1.54) is 0 Å². The Bertz CT molecular complexity index is 414. The van der Waals surface area contributed by atoms with Crippen LogP contribution in [0.4, 0.5) is 0 Å². The van der Waals surface area contributed by atoms with E-state index in [-0.39, 0.29) is 12.1 Å². The highest BCUT2D eigenvalue weighted by atomic mass is 32.2. The molecule has 0 saturated heterocycles. The molecule has 5 heteroatoms. The molecular weight excluding hydrogens is 258 g/mol. The van der Waals surface area contributed by atoms with Gasteiger partial charge in [0.15, 0.2) is 5.16 Å². The van der Waals surface area contributed by atoms with E-state index in [0.717, 1.165) is 27.9 Å². The normalized spacial score (nSPS) is 14.7. The zero-order chi connectivity index (χ0) is 14.6. The van der Waals surface area contributed by atoms with Gasteiger partial charge in [0.2, 0.25) is 0 Å². The van der Waals surface area contributed by atoms with Gasteiger partial charge in [-0.15, -0.1) is 0 Å². The summed E-state index contributed by atoms with van der Waals surface area (Å²) in [7, 11) is 0. The Morgan fingerprint density at radius 1 is 1.21 bits per heavy atom. The van der Waals surface area contributed by atoms with Crippen molar-refractivity contribution in [3.63, 3.8) is 0 Å². The average Bonchev–Trinajstić information content (AvgIpc) is 2.32. The highest BCUT2D eigenvalue weighted by Gasteiger charge is 2.24. The molecule has 108 valence electrons. The van der Waals surface area contributed by atoms with E-state index in [4.69, 9.17) is 0 Å². The quantitative estimate of drug-likeness (QED) is 0.619. The van der Waals surface area contributed by atoms with Crippen LogP contribution in [0.1, 0.15) is 37.7 Å². The monoisotopic (exact) mass is 283 g/mol. The highest BCUT2D eigenvalue weighted by molar-refractivity contribution is 7.99.